The lowest BCUT2D eigenvalue weighted by molar-refractivity contribution is -0.384. The number of hydrogen-bond donors (Lipinski definition) is 1. The number of ether oxygens (including phenoxy) is 1. The molecule has 3 heterocycles. The maximum Gasteiger partial charge on any atom is 0.273 e. The van der Waals surface area contributed by atoms with Crippen molar-refractivity contribution in [2.45, 2.75) is 0 Å². The molecule has 0 saturated heterocycles. The molecule has 0 spiro atoms. The molecule has 27 heavy (non-hydrogen) atoms. The molecule has 0 fully saturated rings. The number of benzene rings is 1. The van der Waals surface area contributed by atoms with Crippen molar-refractivity contribution in [3.63, 3.8) is 0 Å². The Morgan fingerprint density at radius 3 is 2.89 bits per heavy atom. The normalized spacial score (nSPS) is 10.9. The predicted molar refractivity (Wildman–Crippen MR) is 104 cm³/mol. The van der Waals surface area contributed by atoms with Crippen molar-refractivity contribution in [3.8, 4) is 16.3 Å². The quantitative estimate of drug-likeness (QED) is 0.398. The van der Waals surface area contributed by atoms with Crippen molar-refractivity contribution in [1.29, 1.82) is 0 Å². The van der Waals surface area contributed by atoms with Gasteiger partial charge in [-0.2, -0.15) is 0 Å². The molecule has 10 heteroatoms. The first-order valence-electron chi connectivity index (χ1n) is 7.71. The molecule has 0 bridgehead atoms. The molecule has 0 saturated carbocycles. The number of fused-ring (bicyclic) bond motifs is 1. The SMILES string of the molecule is COc1ccc([N+](=O)[O-])cc1NC(=O)c1csc2nc(-c3cccs3)cn12. The van der Waals surface area contributed by atoms with Gasteiger partial charge >= 0.3 is 0 Å². The molecule has 1 aromatic carbocycles. The molecule has 4 rings (SSSR count). The van der Waals surface area contributed by atoms with E-state index in [4.69, 9.17) is 4.74 Å². The second-order valence-electron chi connectivity index (χ2n) is 5.47. The van der Waals surface area contributed by atoms with E-state index < -0.39 is 10.8 Å². The van der Waals surface area contributed by atoms with E-state index in [1.165, 1.54) is 36.6 Å². The average molecular weight is 400 g/mol. The molecular formula is C17H12N4O4S2. The van der Waals surface area contributed by atoms with Crippen LogP contribution in [0.5, 0.6) is 5.75 Å². The maximum absolute atomic E-state index is 12.8. The van der Waals surface area contributed by atoms with Gasteiger partial charge in [0.15, 0.2) is 4.96 Å². The first kappa shape index (κ1) is 17.2. The topological polar surface area (TPSA) is 98.8 Å². The summed E-state index contributed by atoms with van der Waals surface area (Å²) in [5, 5.41) is 17.3. The molecule has 136 valence electrons. The van der Waals surface area contributed by atoms with Gasteiger partial charge in [0, 0.05) is 23.7 Å². The minimum Gasteiger partial charge on any atom is -0.495 e. The Kier molecular flexibility index (Phi) is 4.34. The highest BCUT2D eigenvalue weighted by Crippen LogP contribution is 2.30. The Morgan fingerprint density at radius 1 is 1.33 bits per heavy atom. The smallest absolute Gasteiger partial charge is 0.273 e. The lowest BCUT2D eigenvalue weighted by Gasteiger charge is -2.09. The number of anilines is 1. The van der Waals surface area contributed by atoms with Crippen molar-refractivity contribution in [3.05, 3.63) is 63.1 Å². The third kappa shape index (κ3) is 3.15. The van der Waals surface area contributed by atoms with E-state index in [1.807, 2.05) is 17.5 Å². The highest BCUT2D eigenvalue weighted by molar-refractivity contribution is 7.15. The number of thiophene rings is 1. The maximum atomic E-state index is 12.8. The highest BCUT2D eigenvalue weighted by atomic mass is 32.1. The van der Waals surface area contributed by atoms with Crippen molar-refractivity contribution in [2.75, 3.05) is 12.4 Å². The number of carbonyl (C=O) groups is 1. The van der Waals surface area contributed by atoms with Crippen molar-refractivity contribution >= 4 is 44.9 Å². The van der Waals surface area contributed by atoms with E-state index in [1.54, 1.807) is 27.3 Å². The van der Waals surface area contributed by atoms with Gasteiger partial charge in [-0.25, -0.2) is 4.98 Å². The molecule has 0 aliphatic carbocycles. The molecule has 1 N–H and O–H groups in total. The van der Waals surface area contributed by atoms with Crippen LogP contribution in [0.25, 0.3) is 15.5 Å². The van der Waals surface area contributed by atoms with E-state index in [-0.39, 0.29) is 11.4 Å². The second-order valence-corrected chi connectivity index (χ2v) is 7.26. The molecule has 4 aromatic rings. The summed E-state index contributed by atoms with van der Waals surface area (Å²) in [4.78, 5) is 29.5. The Balaban J connectivity index is 1.67. The predicted octanol–water partition coefficient (Wildman–Crippen LogP) is 4.29. The van der Waals surface area contributed by atoms with Gasteiger partial charge in [0.2, 0.25) is 0 Å². The number of methoxy groups -OCH3 is 1. The monoisotopic (exact) mass is 400 g/mol. The van der Waals surface area contributed by atoms with E-state index in [2.05, 4.69) is 10.3 Å². The standard InChI is InChI=1S/C17H12N4O4S2/c1-25-14-5-4-10(21(23)24)7-11(14)18-16(22)13-9-27-17-19-12(8-20(13)17)15-3-2-6-26-15/h2-9H,1H3,(H,18,22). The van der Waals surface area contributed by atoms with E-state index in [0.717, 1.165) is 10.6 Å². The van der Waals surface area contributed by atoms with Gasteiger partial charge in [-0.1, -0.05) is 6.07 Å². The largest absolute Gasteiger partial charge is 0.495 e. The van der Waals surface area contributed by atoms with Crippen LogP contribution in [0.3, 0.4) is 0 Å². The Morgan fingerprint density at radius 2 is 2.19 bits per heavy atom. The van der Waals surface area contributed by atoms with Crippen LogP contribution >= 0.6 is 22.7 Å². The molecule has 0 aliphatic rings. The van der Waals surface area contributed by atoms with Crippen molar-refractivity contribution in [1.82, 2.24) is 9.38 Å². The number of hydrogen-bond acceptors (Lipinski definition) is 7. The fourth-order valence-corrected chi connectivity index (χ4v) is 4.12. The van der Waals surface area contributed by atoms with Crippen molar-refractivity contribution < 1.29 is 14.5 Å². The zero-order valence-electron chi connectivity index (χ0n) is 13.9. The van der Waals surface area contributed by atoms with Gasteiger partial charge in [-0.3, -0.25) is 19.3 Å². The number of imidazole rings is 1. The minimum atomic E-state index is -0.527. The van der Waals surface area contributed by atoms with E-state index in [0.29, 0.717) is 16.4 Å². The van der Waals surface area contributed by atoms with Crippen LogP contribution in [0.2, 0.25) is 0 Å². The van der Waals surface area contributed by atoms with Gasteiger partial charge in [-0.15, -0.1) is 22.7 Å². The van der Waals surface area contributed by atoms with Gasteiger partial charge in [0.25, 0.3) is 11.6 Å². The number of nitrogens with one attached hydrogen (secondary N) is 1. The summed E-state index contributed by atoms with van der Waals surface area (Å²) < 4.78 is 6.89. The third-order valence-corrected chi connectivity index (χ3v) is 5.59. The number of nitro benzene ring substituents is 1. The van der Waals surface area contributed by atoms with Crippen LogP contribution in [-0.2, 0) is 0 Å². The summed E-state index contributed by atoms with van der Waals surface area (Å²) in [5.74, 6) is -0.0690. The lowest BCUT2D eigenvalue weighted by Crippen LogP contribution is -2.14. The number of amides is 1. The number of carbonyl (C=O) groups excluding carboxylic acids is 1. The zero-order chi connectivity index (χ0) is 19.0. The Hall–Kier alpha value is -3.24. The summed E-state index contributed by atoms with van der Waals surface area (Å²) in [7, 11) is 1.43. The summed E-state index contributed by atoms with van der Waals surface area (Å²) >= 11 is 2.91. The fraction of sp³-hybridized carbons (Fsp3) is 0.0588. The molecule has 0 aliphatic heterocycles. The number of aromatic nitrogens is 2. The van der Waals surface area contributed by atoms with Crippen LogP contribution in [0.4, 0.5) is 11.4 Å². The number of thiazole rings is 1. The second kappa shape index (κ2) is 6.82. The Labute approximate surface area is 160 Å². The highest BCUT2D eigenvalue weighted by Gasteiger charge is 2.19. The van der Waals surface area contributed by atoms with Gasteiger partial charge in [-0.05, 0) is 17.5 Å². The fourth-order valence-electron chi connectivity index (χ4n) is 2.58. The summed E-state index contributed by atoms with van der Waals surface area (Å²) in [6.07, 6.45) is 1.80. The Bertz CT molecular complexity index is 1150. The number of nitro groups is 1. The number of nitrogens with zero attached hydrogens (tertiary/aromatic N) is 3. The van der Waals surface area contributed by atoms with Gasteiger partial charge < -0.3 is 10.1 Å². The van der Waals surface area contributed by atoms with E-state index >= 15 is 0 Å². The van der Waals surface area contributed by atoms with E-state index in [9.17, 15) is 14.9 Å². The summed E-state index contributed by atoms with van der Waals surface area (Å²) in [5.41, 5.74) is 1.27. The van der Waals surface area contributed by atoms with Gasteiger partial charge in [0.1, 0.15) is 17.1 Å². The molecule has 3 aromatic heterocycles. The number of non-ortho nitro benzene ring substituents is 1. The third-order valence-electron chi connectivity index (χ3n) is 3.86. The summed E-state index contributed by atoms with van der Waals surface area (Å²) in [6.45, 7) is 0. The molecule has 1 amide bonds. The lowest BCUT2D eigenvalue weighted by atomic mass is 10.2. The van der Waals surface area contributed by atoms with Crippen LogP contribution in [0.15, 0.2) is 47.3 Å². The molecular weight excluding hydrogens is 388 g/mol. The molecule has 0 atom stereocenters. The van der Waals surface area contributed by atoms with Gasteiger partial charge in [0.05, 0.1) is 22.6 Å². The van der Waals surface area contributed by atoms with Crippen molar-refractivity contribution in [2.24, 2.45) is 0 Å². The van der Waals surface area contributed by atoms with Crippen LogP contribution < -0.4 is 10.1 Å². The average Bonchev–Trinajstić information content (AvgIpc) is 3.37. The van der Waals surface area contributed by atoms with Crippen LogP contribution in [-0.4, -0.2) is 27.3 Å². The number of rotatable bonds is 5. The minimum absolute atomic E-state index is 0.135. The summed E-state index contributed by atoms with van der Waals surface area (Å²) in [6, 6.07) is 7.94. The first-order valence-corrected chi connectivity index (χ1v) is 9.47. The zero-order valence-corrected chi connectivity index (χ0v) is 15.5. The first-order chi connectivity index (χ1) is 13.1. The van der Waals surface area contributed by atoms with Crippen LogP contribution in [0, 0.1) is 10.1 Å². The van der Waals surface area contributed by atoms with Crippen LogP contribution in [0.1, 0.15) is 10.5 Å². The molecule has 0 unspecified atom stereocenters. The molecule has 0 radical (unpaired) electrons. The molecule has 8 nitrogen and oxygen atoms in total.